The van der Waals surface area contributed by atoms with Crippen LogP contribution in [-0.2, 0) is 11.2 Å². The first-order valence-corrected chi connectivity index (χ1v) is 6.38. The molecule has 0 amide bonds. The van der Waals surface area contributed by atoms with Crippen LogP contribution in [0.25, 0.3) is 11.0 Å². The van der Waals surface area contributed by atoms with Crippen LogP contribution in [0.2, 0.25) is 0 Å². The van der Waals surface area contributed by atoms with Gasteiger partial charge >= 0.3 is 5.97 Å². The number of nitrogens with one attached hydrogen (secondary N) is 1. The highest BCUT2D eigenvalue weighted by Crippen LogP contribution is 2.16. The third-order valence-corrected chi connectivity index (χ3v) is 3.22. The fourth-order valence-corrected chi connectivity index (χ4v) is 2.25. The number of hydrogen-bond acceptors (Lipinski definition) is 3. The lowest BCUT2D eigenvalue weighted by molar-refractivity contribution is 0.0599. The van der Waals surface area contributed by atoms with Crippen LogP contribution in [0.15, 0.2) is 48.5 Å². The number of carbonyl (C=O) groups is 1. The van der Waals surface area contributed by atoms with E-state index in [-0.39, 0.29) is 5.97 Å². The minimum absolute atomic E-state index is 0.322. The molecule has 1 N–H and O–H groups in total. The van der Waals surface area contributed by atoms with Gasteiger partial charge in [0.15, 0.2) is 0 Å². The average molecular weight is 266 g/mol. The molecule has 4 heteroatoms. The predicted molar refractivity (Wildman–Crippen MR) is 76.7 cm³/mol. The van der Waals surface area contributed by atoms with Gasteiger partial charge in [0, 0.05) is 6.42 Å². The number of imidazole rings is 1. The van der Waals surface area contributed by atoms with Crippen molar-refractivity contribution in [1.82, 2.24) is 9.97 Å². The maximum absolute atomic E-state index is 11.7. The van der Waals surface area contributed by atoms with Crippen molar-refractivity contribution in [2.75, 3.05) is 7.11 Å². The molecule has 20 heavy (non-hydrogen) atoms. The smallest absolute Gasteiger partial charge is 0.338 e. The molecule has 3 rings (SSSR count). The molecule has 0 fully saturated rings. The summed E-state index contributed by atoms with van der Waals surface area (Å²) in [5.74, 6) is 0.513. The Kier molecular flexibility index (Phi) is 3.21. The van der Waals surface area contributed by atoms with Crippen molar-refractivity contribution in [3.8, 4) is 0 Å². The number of esters is 1. The van der Waals surface area contributed by atoms with Crippen molar-refractivity contribution in [2.45, 2.75) is 6.42 Å². The van der Waals surface area contributed by atoms with E-state index in [0.29, 0.717) is 12.0 Å². The summed E-state index contributed by atoms with van der Waals surface area (Å²) in [6.07, 6.45) is 0.569. The Bertz CT molecular complexity index is 729. The second-order valence-corrected chi connectivity index (χ2v) is 4.53. The maximum Gasteiger partial charge on any atom is 0.338 e. The van der Waals surface area contributed by atoms with Crippen molar-refractivity contribution in [3.63, 3.8) is 0 Å². The molecule has 2 aromatic carbocycles. The number of carbonyl (C=O) groups excluding carboxylic acids is 1. The number of methoxy groups -OCH3 is 1. The maximum atomic E-state index is 11.7. The van der Waals surface area contributed by atoms with Crippen LogP contribution < -0.4 is 0 Å². The number of ether oxygens (including phenoxy) is 1. The Morgan fingerprint density at radius 1 is 1.15 bits per heavy atom. The normalized spacial score (nSPS) is 10.7. The van der Waals surface area contributed by atoms with Crippen molar-refractivity contribution in [3.05, 3.63) is 65.5 Å². The van der Waals surface area contributed by atoms with Crippen molar-refractivity contribution < 1.29 is 9.53 Å². The van der Waals surface area contributed by atoms with Crippen LogP contribution in [0.5, 0.6) is 0 Å². The molecule has 0 unspecified atom stereocenters. The summed E-state index contributed by atoms with van der Waals surface area (Å²) in [7, 11) is 1.39. The fourth-order valence-electron chi connectivity index (χ4n) is 2.25. The van der Waals surface area contributed by atoms with Gasteiger partial charge in [-0.2, -0.15) is 0 Å². The summed E-state index contributed by atoms with van der Waals surface area (Å²) < 4.78 is 4.80. The molecule has 0 aliphatic rings. The molecule has 0 aliphatic heterocycles. The molecular formula is C16H14N2O2. The summed E-state index contributed by atoms with van der Waals surface area (Å²) in [5.41, 5.74) is 3.41. The third kappa shape index (κ3) is 2.28. The van der Waals surface area contributed by atoms with Gasteiger partial charge in [-0.05, 0) is 23.8 Å². The number of benzene rings is 2. The Labute approximate surface area is 116 Å². The monoisotopic (exact) mass is 266 g/mol. The van der Waals surface area contributed by atoms with Crippen LogP contribution in [0.3, 0.4) is 0 Å². The number of aromatic nitrogens is 2. The number of nitrogens with zero attached hydrogens (tertiary/aromatic N) is 1. The number of rotatable bonds is 3. The van der Waals surface area contributed by atoms with E-state index in [2.05, 4.69) is 9.97 Å². The van der Waals surface area contributed by atoms with Crippen LogP contribution in [0.4, 0.5) is 0 Å². The van der Waals surface area contributed by atoms with Crippen LogP contribution in [-0.4, -0.2) is 23.0 Å². The zero-order chi connectivity index (χ0) is 13.9. The fraction of sp³-hybridized carbons (Fsp3) is 0.125. The highest BCUT2D eigenvalue weighted by molar-refractivity contribution is 5.91. The molecule has 1 heterocycles. The lowest BCUT2D eigenvalue weighted by Crippen LogP contribution is -2.06. The Morgan fingerprint density at radius 3 is 2.70 bits per heavy atom. The number of hydrogen-bond donors (Lipinski definition) is 1. The molecule has 0 saturated heterocycles. The molecule has 0 saturated carbocycles. The van der Waals surface area contributed by atoms with Gasteiger partial charge in [-0.25, -0.2) is 9.78 Å². The lowest BCUT2D eigenvalue weighted by atomic mass is 10.0. The van der Waals surface area contributed by atoms with Crippen LogP contribution in [0, 0.1) is 0 Å². The number of para-hydroxylation sites is 2. The predicted octanol–water partition coefficient (Wildman–Crippen LogP) is 2.94. The first-order valence-electron chi connectivity index (χ1n) is 6.38. The molecule has 0 bridgehead atoms. The van der Waals surface area contributed by atoms with Gasteiger partial charge in [-0.1, -0.05) is 30.3 Å². The lowest BCUT2D eigenvalue weighted by Gasteiger charge is -2.05. The highest BCUT2D eigenvalue weighted by atomic mass is 16.5. The van der Waals surface area contributed by atoms with Gasteiger partial charge in [-0.15, -0.1) is 0 Å². The van der Waals surface area contributed by atoms with E-state index in [1.165, 1.54) is 7.11 Å². The average Bonchev–Trinajstić information content (AvgIpc) is 2.89. The van der Waals surface area contributed by atoms with E-state index in [1.54, 1.807) is 6.07 Å². The third-order valence-electron chi connectivity index (χ3n) is 3.22. The van der Waals surface area contributed by atoms with Gasteiger partial charge < -0.3 is 9.72 Å². The minimum Gasteiger partial charge on any atom is -0.465 e. The first kappa shape index (κ1) is 12.4. The summed E-state index contributed by atoms with van der Waals surface area (Å²) >= 11 is 0. The minimum atomic E-state index is -0.322. The summed E-state index contributed by atoms with van der Waals surface area (Å²) in [4.78, 5) is 19.5. The molecule has 1 aromatic heterocycles. The summed E-state index contributed by atoms with van der Waals surface area (Å²) in [6, 6.07) is 15.3. The zero-order valence-corrected chi connectivity index (χ0v) is 11.1. The number of H-pyrrole nitrogens is 1. The molecule has 0 atom stereocenters. The van der Waals surface area contributed by atoms with Crippen molar-refractivity contribution in [1.29, 1.82) is 0 Å². The van der Waals surface area contributed by atoms with Crippen LogP contribution >= 0.6 is 0 Å². The van der Waals surface area contributed by atoms with Crippen molar-refractivity contribution >= 4 is 17.0 Å². The molecule has 0 aliphatic carbocycles. The van der Waals surface area contributed by atoms with E-state index in [0.717, 1.165) is 22.4 Å². The molecule has 100 valence electrons. The highest BCUT2D eigenvalue weighted by Gasteiger charge is 2.12. The largest absolute Gasteiger partial charge is 0.465 e. The van der Waals surface area contributed by atoms with E-state index in [4.69, 9.17) is 4.74 Å². The Balaban J connectivity index is 1.96. The van der Waals surface area contributed by atoms with Gasteiger partial charge in [0.25, 0.3) is 0 Å². The Hall–Kier alpha value is -2.62. The number of aromatic amines is 1. The molecule has 0 radical (unpaired) electrons. The summed E-state index contributed by atoms with van der Waals surface area (Å²) in [5, 5.41) is 0. The molecular weight excluding hydrogens is 252 g/mol. The second-order valence-electron chi connectivity index (χ2n) is 4.53. The molecule has 4 nitrogen and oxygen atoms in total. The van der Waals surface area contributed by atoms with E-state index in [1.807, 2.05) is 42.5 Å². The van der Waals surface area contributed by atoms with E-state index in [9.17, 15) is 4.79 Å². The van der Waals surface area contributed by atoms with Gasteiger partial charge in [-0.3, -0.25) is 0 Å². The van der Waals surface area contributed by atoms with Gasteiger partial charge in [0.1, 0.15) is 5.82 Å². The second kappa shape index (κ2) is 5.17. The molecule has 3 aromatic rings. The standard InChI is InChI=1S/C16H14N2O2/c1-20-16(19)12-7-3-2-6-11(12)10-15-17-13-8-4-5-9-14(13)18-15/h2-9H,10H2,1H3,(H,17,18). The molecule has 0 spiro atoms. The topological polar surface area (TPSA) is 55.0 Å². The number of fused-ring (bicyclic) bond motifs is 1. The van der Waals surface area contributed by atoms with Gasteiger partial charge in [0.05, 0.1) is 23.7 Å². The first-order chi connectivity index (χ1) is 9.78. The Morgan fingerprint density at radius 2 is 1.90 bits per heavy atom. The van der Waals surface area contributed by atoms with Gasteiger partial charge in [0.2, 0.25) is 0 Å². The van der Waals surface area contributed by atoms with Crippen LogP contribution in [0.1, 0.15) is 21.7 Å². The SMILES string of the molecule is COC(=O)c1ccccc1Cc1nc2ccccc2[nH]1. The van der Waals surface area contributed by atoms with Crippen molar-refractivity contribution in [2.24, 2.45) is 0 Å². The quantitative estimate of drug-likeness (QED) is 0.741. The van der Waals surface area contributed by atoms with E-state index >= 15 is 0 Å². The van der Waals surface area contributed by atoms with E-state index < -0.39 is 0 Å². The zero-order valence-electron chi connectivity index (χ0n) is 11.1. The summed E-state index contributed by atoms with van der Waals surface area (Å²) in [6.45, 7) is 0.